The highest BCUT2D eigenvalue weighted by atomic mass is 32.1. The summed E-state index contributed by atoms with van der Waals surface area (Å²) < 4.78 is 4.96. The second-order valence-electron chi connectivity index (χ2n) is 3.76. The molecule has 1 heterocycles. The molecule has 1 aliphatic carbocycles. The first-order chi connectivity index (χ1) is 7.22. The molecule has 1 aromatic rings. The number of Topliss-reactive ketones (excluding diaryl/α,β-unsaturated/α-hetero) is 1. The Labute approximate surface area is 92.5 Å². The fourth-order valence-corrected chi connectivity index (χ4v) is 2.70. The van der Waals surface area contributed by atoms with E-state index in [9.17, 15) is 4.79 Å². The van der Waals surface area contributed by atoms with Gasteiger partial charge < -0.3 is 10.5 Å². The second-order valence-corrected chi connectivity index (χ2v) is 4.75. The van der Waals surface area contributed by atoms with Gasteiger partial charge in [0.25, 0.3) is 5.19 Å². The summed E-state index contributed by atoms with van der Waals surface area (Å²) in [6.07, 6.45) is 4.48. The number of ketones is 1. The largest absolute Gasteiger partial charge is 0.473 e. The molecule has 0 amide bonds. The van der Waals surface area contributed by atoms with E-state index in [1.165, 1.54) is 11.3 Å². The van der Waals surface area contributed by atoms with E-state index in [2.05, 4.69) is 4.98 Å². The minimum absolute atomic E-state index is 0.0184. The standard InChI is InChI=1S/C10H14N2O2S/c1-14-10-12-5-8(15-10)9(13)6-3-2-4-7(6)11/h5-7H,2-4,11H2,1H3. The number of hydrogen-bond donors (Lipinski definition) is 1. The smallest absolute Gasteiger partial charge is 0.273 e. The number of ether oxygens (including phenoxy) is 1. The van der Waals surface area contributed by atoms with Crippen molar-refractivity contribution >= 4 is 17.1 Å². The van der Waals surface area contributed by atoms with Gasteiger partial charge in [-0.2, -0.15) is 0 Å². The normalized spacial score (nSPS) is 25.5. The van der Waals surface area contributed by atoms with Crippen LogP contribution in [0.3, 0.4) is 0 Å². The van der Waals surface area contributed by atoms with Crippen LogP contribution >= 0.6 is 11.3 Å². The molecule has 4 nitrogen and oxygen atoms in total. The number of rotatable bonds is 3. The average molecular weight is 226 g/mol. The molecule has 2 atom stereocenters. The van der Waals surface area contributed by atoms with Gasteiger partial charge in [-0.05, 0) is 12.8 Å². The van der Waals surface area contributed by atoms with E-state index in [4.69, 9.17) is 10.5 Å². The van der Waals surface area contributed by atoms with E-state index in [-0.39, 0.29) is 17.7 Å². The van der Waals surface area contributed by atoms with E-state index in [1.54, 1.807) is 13.3 Å². The zero-order valence-corrected chi connectivity index (χ0v) is 9.42. The van der Waals surface area contributed by atoms with E-state index >= 15 is 0 Å². The maximum atomic E-state index is 12.0. The lowest BCUT2D eigenvalue weighted by Gasteiger charge is -2.11. The summed E-state index contributed by atoms with van der Waals surface area (Å²) >= 11 is 1.29. The zero-order chi connectivity index (χ0) is 10.8. The highest BCUT2D eigenvalue weighted by Gasteiger charge is 2.31. The molecule has 15 heavy (non-hydrogen) atoms. The quantitative estimate of drug-likeness (QED) is 0.792. The van der Waals surface area contributed by atoms with Gasteiger partial charge in [-0.15, -0.1) is 0 Å². The summed E-state index contributed by atoms with van der Waals surface area (Å²) in [5.41, 5.74) is 5.89. The predicted molar refractivity (Wildman–Crippen MR) is 58.3 cm³/mol. The van der Waals surface area contributed by atoms with Gasteiger partial charge in [0, 0.05) is 12.0 Å². The Morgan fingerprint density at radius 3 is 3.00 bits per heavy atom. The van der Waals surface area contributed by atoms with Crippen molar-refractivity contribution in [1.82, 2.24) is 4.98 Å². The number of aromatic nitrogens is 1. The molecule has 2 rings (SSSR count). The van der Waals surface area contributed by atoms with Crippen LogP contribution in [0.15, 0.2) is 6.20 Å². The van der Waals surface area contributed by atoms with Crippen LogP contribution in [0.1, 0.15) is 28.9 Å². The molecule has 0 aliphatic heterocycles. The van der Waals surface area contributed by atoms with Gasteiger partial charge in [0.2, 0.25) is 0 Å². The Morgan fingerprint density at radius 1 is 1.67 bits per heavy atom. The van der Waals surface area contributed by atoms with Gasteiger partial charge in [0.15, 0.2) is 5.78 Å². The number of carbonyl (C=O) groups excluding carboxylic acids is 1. The fourth-order valence-electron chi connectivity index (χ4n) is 1.96. The first-order valence-electron chi connectivity index (χ1n) is 5.02. The van der Waals surface area contributed by atoms with Crippen molar-refractivity contribution in [3.05, 3.63) is 11.1 Å². The Balaban J connectivity index is 2.13. The summed E-state index contributed by atoms with van der Waals surface area (Å²) in [6.45, 7) is 0. The van der Waals surface area contributed by atoms with Crippen molar-refractivity contribution in [3.63, 3.8) is 0 Å². The molecule has 1 aromatic heterocycles. The van der Waals surface area contributed by atoms with E-state index in [0.29, 0.717) is 10.1 Å². The van der Waals surface area contributed by atoms with Gasteiger partial charge in [0.1, 0.15) is 0 Å². The Kier molecular flexibility index (Phi) is 3.02. The van der Waals surface area contributed by atoms with Gasteiger partial charge in [-0.25, -0.2) is 4.98 Å². The summed E-state index contributed by atoms with van der Waals surface area (Å²) in [5, 5.41) is 0.532. The molecule has 0 aromatic carbocycles. The summed E-state index contributed by atoms with van der Waals surface area (Å²) in [5.74, 6) is 0.107. The van der Waals surface area contributed by atoms with Crippen molar-refractivity contribution in [2.75, 3.05) is 7.11 Å². The van der Waals surface area contributed by atoms with Crippen molar-refractivity contribution in [3.8, 4) is 5.19 Å². The first kappa shape index (κ1) is 10.6. The molecule has 0 radical (unpaired) electrons. The molecule has 5 heteroatoms. The molecular formula is C10H14N2O2S. The molecule has 0 bridgehead atoms. The van der Waals surface area contributed by atoms with Crippen LogP contribution in [0, 0.1) is 5.92 Å². The lowest BCUT2D eigenvalue weighted by molar-refractivity contribution is 0.0917. The van der Waals surface area contributed by atoms with Crippen molar-refractivity contribution in [2.45, 2.75) is 25.3 Å². The minimum atomic E-state index is -0.0184. The number of hydrogen-bond acceptors (Lipinski definition) is 5. The van der Waals surface area contributed by atoms with Crippen molar-refractivity contribution in [2.24, 2.45) is 11.7 Å². The Bertz CT molecular complexity index is 364. The van der Waals surface area contributed by atoms with Crippen LogP contribution in [-0.2, 0) is 0 Å². The molecule has 0 spiro atoms. The van der Waals surface area contributed by atoms with Crippen LogP contribution < -0.4 is 10.5 Å². The van der Waals surface area contributed by atoms with Gasteiger partial charge >= 0.3 is 0 Å². The highest BCUT2D eigenvalue weighted by molar-refractivity contribution is 7.15. The van der Waals surface area contributed by atoms with Crippen LogP contribution in [0.2, 0.25) is 0 Å². The van der Waals surface area contributed by atoms with Crippen LogP contribution in [0.5, 0.6) is 5.19 Å². The first-order valence-corrected chi connectivity index (χ1v) is 5.83. The number of nitrogens with two attached hydrogens (primary N) is 1. The second kappa shape index (κ2) is 4.28. The Hall–Kier alpha value is -0.940. The summed E-state index contributed by atoms with van der Waals surface area (Å²) in [4.78, 5) is 16.7. The summed E-state index contributed by atoms with van der Waals surface area (Å²) in [6, 6.07) is 0.0191. The molecule has 0 saturated heterocycles. The van der Waals surface area contributed by atoms with Gasteiger partial charge in [-0.1, -0.05) is 17.8 Å². The van der Waals surface area contributed by atoms with E-state index in [0.717, 1.165) is 19.3 Å². The third-order valence-electron chi connectivity index (χ3n) is 2.81. The average Bonchev–Trinajstić information content (AvgIpc) is 2.84. The third-order valence-corrected chi connectivity index (χ3v) is 3.78. The number of nitrogens with zero attached hydrogens (tertiary/aromatic N) is 1. The zero-order valence-electron chi connectivity index (χ0n) is 8.60. The van der Waals surface area contributed by atoms with Crippen molar-refractivity contribution in [1.29, 1.82) is 0 Å². The monoisotopic (exact) mass is 226 g/mol. The minimum Gasteiger partial charge on any atom is -0.473 e. The van der Waals surface area contributed by atoms with Crippen LogP contribution in [0.25, 0.3) is 0 Å². The van der Waals surface area contributed by atoms with E-state index < -0.39 is 0 Å². The SMILES string of the molecule is COc1ncc(C(=O)C2CCCC2N)s1. The molecule has 2 unspecified atom stereocenters. The molecule has 1 aliphatic rings. The maximum Gasteiger partial charge on any atom is 0.273 e. The topological polar surface area (TPSA) is 65.2 Å². The third kappa shape index (κ3) is 2.03. The van der Waals surface area contributed by atoms with E-state index in [1.807, 2.05) is 0 Å². The Morgan fingerprint density at radius 2 is 2.47 bits per heavy atom. The van der Waals surface area contributed by atoms with Crippen LogP contribution in [-0.4, -0.2) is 23.9 Å². The lowest BCUT2D eigenvalue weighted by Crippen LogP contribution is -2.30. The lowest BCUT2D eigenvalue weighted by atomic mass is 9.98. The molecular weight excluding hydrogens is 212 g/mol. The highest BCUT2D eigenvalue weighted by Crippen LogP contribution is 2.30. The molecule has 1 saturated carbocycles. The number of methoxy groups -OCH3 is 1. The summed E-state index contributed by atoms with van der Waals surface area (Å²) in [7, 11) is 1.55. The van der Waals surface area contributed by atoms with Crippen molar-refractivity contribution < 1.29 is 9.53 Å². The van der Waals surface area contributed by atoms with Gasteiger partial charge in [0.05, 0.1) is 18.2 Å². The maximum absolute atomic E-state index is 12.0. The van der Waals surface area contributed by atoms with Crippen LogP contribution in [0.4, 0.5) is 0 Å². The fraction of sp³-hybridized carbons (Fsp3) is 0.600. The molecule has 2 N–H and O–H groups in total. The molecule has 82 valence electrons. The number of thiazole rings is 1. The van der Waals surface area contributed by atoms with Gasteiger partial charge in [-0.3, -0.25) is 4.79 Å². The molecule has 1 fully saturated rings. The number of carbonyl (C=O) groups is 1. The predicted octanol–water partition coefficient (Wildman–Crippen LogP) is 1.46.